The van der Waals surface area contributed by atoms with E-state index in [-0.39, 0.29) is 18.0 Å². The van der Waals surface area contributed by atoms with Crippen LogP contribution in [0.1, 0.15) is 17.2 Å². The first kappa shape index (κ1) is 16.1. The smallest absolute Gasteiger partial charge is 0.243 e. The normalized spacial score (nSPS) is 23.4. The largest absolute Gasteiger partial charge is 0.395 e. The van der Waals surface area contributed by atoms with Gasteiger partial charge in [-0.1, -0.05) is 18.2 Å². The van der Waals surface area contributed by atoms with E-state index in [2.05, 4.69) is 4.98 Å². The van der Waals surface area contributed by atoms with E-state index in [1.807, 2.05) is 0 Å². The van der Waals surface area contributed by atoms with Gasteiger partial charge in [-0.15, -0.1) is 0 Å². The Kier molecular flexibility index (Phi) is 4.45. The molecular weight excluding hydrogens is 316 g/mol. The number of aromatic nitrogens is 1. The van der Waals surface area contributed by atoms with Crippen molar-refractivity contribution in [1.82, 2.24) is 9.29 Å². The van der Waals surface area contributed by atoms with Crippen LogP contribution in [0.5, 0.6) is 0 Å². The van der Waals surface area contributed by atoms with Gasteiger partial charge in [-0.3, -0.25) is 4.98 Å². The Balaban J connectivity index is 2.07. The SMILES string of the molecule is O=S1(=O)c2ccccc2C(O)C(Cc2ccncc2)N1CCO. The minimum atomic E-state index is -3.75. The molecule has 0 fully saturated rings. The molecule has 0 amide bonds. The van der Waals surface area contributed by atoms with Crippen molar-refractivity contribution in [3.8, 4) is 0 Å². The number of rotatable bonds is 4. The van der Waals surface area contributed by atoms with Crippen LogP contribution in [0, 0.1) is 0 Å². The molecule has 0 aliphatic carbocycles. The monoisotopic (exact) mass is 334 g/mol. The summed E-state index contributed by atoms with van der Waals surface area (Å²) >= 11 is 0. The van der Waals surface area contributed by atoms with Gasteiger partial charge in [0.1, 0.15) is 0 Å². The number of sulfonamides is 1. The van der Waals surface area contributed by atoms with Crippen LogP contribution in [-0.2, 0) is 16.4 Å². The van der Waals surface area contributed by atoms with Gasteiger partial charge >= 0.3 is 0 Å². The molecule has 0 bridgehead atoms. The van der Waals surface area contributed by atoms with Gasteiger partial charge < -0.3 is 10.2 Å². The number of pyridine rings is 1. The Bertz CT molecular complexity index is 780. The minimum absolute atomic E-state index is 0.0521. The van der Waals surface area contributed by atoms with Crippen molar-refractivity contribution in [2.45, 2.75) is 23.5 Å². The van der Waals surface area contributed by atoms with Crippen LogP contribution >= 0.6 is 0 Å². The van der Waals surface area contributed by atoms with Gasteiger partial charge in [0, 0.05) is 24.5 Å². The summed E-state index contributed by atoms with van der Waals surface area (Å²) < 4.78 is 26.9. The molecule has 0 saturated heterocycles. The summed E-state index contributed by atoms with van der Waals surface area (Å²) in [5, 5.41) is 20.0. The number of aliphatic hydroxyl groups is 2. The van der Waals surface area contributed by atoms with Crippen LogP contribution < -0.4 is 0 Å². The maximum atomic E-state index is 12.8. The van der Waals surface area contributed by atoms with Crippen molar-refractivity contribution in [2.24, 2.45) is 0 Å². The lowest BCUT2D eigenvalue weighted by Gasteiger charge is -2.39. The van der Waals surface area contributed by atoms with Gasteiger partial charge in [0.25, 0.3) is 0 Å². The van der Waals surface area contributed by atoms with Crippen LogP contribution in [0.15, 0.2) is 53.7 Å². The third-order valence-electron chi connectivity index (χ3n) is 4.07. The lowest BCUT2D eigenvalue weighted by molar-refractivity contribution is 0.0724. The zero-order valence-electron chi connectivity index (χ0n) is 12.4. The van der Waals surface area contributed by atoms with Crippen molar-refractivity contribution in [2.75, 3.05) is 13.2 Å². The average molecular weight is 334 g/mol. The van der Waals surface area contributed by atoms with Gasteiger partial charge in [-0.05, 0) is 30.2 Å². The molecule has 23 heavy (non-hydrogen) atoms. The van der Waals surface area contributed by atoms with E-state index >= 15 is 0 Å². The number of benzene rings is 1. The number of fused-ring (bicyclic) bond motifs is 1. The molecule has 0 saturated carbocycles. The molecule has 1 aliphatic rings. The van der Waals surface area contributed by atoms with Crippen molar-refractivity contribution in [3.05, 3.63) is 59.9 Å². The average Bonchev–Trinajstić information content (AvgIpc) is 2.57. The zero-order chi connectivity index (χ0) is 16.4. The quantitative estimate of drug-likeness (QED) is 0.860. The molecule has 2 aromatic rings. The maximum absolute atomic E-state index is 12.8. The van der Waals surface area contributed by atoms with E-state index in [0.29, 0.717) is 12.0 Å². The molecule has 122 valence electrons. The molecule has 0 spiro atoms. The van der Waals surface area contributed by atoms with E-state index in [0.717, 1.165) is 5.56 Å². The van der Waals surface area contributed by atoms with Crippen LogP contribution in [0.25, 0.3) is 0 Å². The first-order chi connectivity index (χ1) is 11.1. The molecular formula is C16H18N2O4S. The van der Waals surface area contributed by atoms with Gasteiger partial charge in [-0.2, -0.15) is 4.31 Å². The van der Waals surface area contributed by atoms with Gasteiger partial charge in [-0.25, -0.2) is 8.42 Å². The predicted molar refractivity (Wildman–Crippen MR) is 84.1 cm³/mol. The molecule has 7 heteroatoms. The van der Waals surface area contributed by atoms with E-state index in [9.17, 15) is 18.6 Å². The summed E-state index contributed by atoms with van der Waals surface area (Å²) in [7, 11) is -3.75. The predicted octanol–water partition coefficient (Wildman–Crippen LogP) is 0.723. The number of hydrogen-bond acceptors (Lipinski definition) is 5. The molecule has 1 aliphatic heterocycles. The molecule has 1 aromatic heterocycles. The van der Waals surface area contributed by atoms with Gasteiger partial charge in [0.15, 0.2) is 0 Å². The van der Waals surface area contributed by atoms with Gasteiger partial charge in [0.2, 0.25) is 10.0 Å². The molecule has 2 N–H and O–H groups in total. The van der Waals surface area contributed by atoms with Crippen molar-refractivity contribution in [1.29, 1.82) is 0 Å². The van der Waals surface area contributed by atoms with Crippen LogP contribution in [0.3, 0.4) is 0 Å². The number of aliphatic hydroxyl groups excluding tert-OH is 2. The molecule has 2 heterocycles. The summed E-state index contributed by atoms with van der Waals surface area (Å²) in [5.41, 5.74) is 1.28. The fourth-order valence-corrected chi connectivity index (χ4v) is 4.85. The summed E-state index contributed by atoms with van der Waals surface area (Å²) in [6.45, 7) is -0.357. The highest BCUT2D eigenvalue weighted by Crippen LogP contribution is 2.37. The molecule has 6 nitrogen and oxygen atoms in total. The Morgan fingerprint density at radius 2 is 1.83 bits per heavy atom. The molecule has 0 radical (unpaired) electrons. The Morgan fingerprint density at radius 3 is 2.52 bits per heavy atom. The van der Waals surface area contributed by atoms with E-state index in [4.69, 9.17) is 0 Å². The third kappa shape index (κ3) is 2.88. The fraction of sp³-hybridized carbons (Fsp3) is 0.312. The molecule has 3 rings (SSSR count). The van der Waals surface area contributed by atoms with Crippen molar-refractivity contribution < 1.29 is 18.6 Å². The lowest BCUT2D eigenvalue weighted by atomic mass is 9.96. The van der Waals surface area contributed by atoms with E-state index in [1.54, 1.807) is 42.7 Å². The molecule has 2 unspecified atom stereocenters. The van der Waals surface area contributed by atoms with Crippen LogP contribution in [-0.4, -0.2) is 47.1 Å². The second kappa shape index (κ2) is 6.37. The minimum Gasteiger partial charge on any atom is -0.395 e. The maximum Gasteiger partial charge on any atom is 0.243 e. The number of nitrogens with zero attached hydrogens (tertiary/aromatic N) is 2. The Hall–Kier alpha value is -1.80. The number of β-amino-alcohol motifs (C(OH)–C–C–N with tert-alkyl or cyclic N) is 1. The first-order valence-electron chi connectivity index (χ1n) is 7.34. The van der Waals surface area contributed by atoms with E-state index in [1.165, 1.54) is 10.4 Å². The highest BCUT2D eigenvalue weighted by molar-refractivity contribution is 7.89. The van der Waals surface area contributed by atoms with Crippen LogP contribution in [0.2, 0.25) is 0 Å². The third-order valence-corrected chi connectivity index (χ3v) is 6.07. The second-order valence-electron chi connectivity index (χ2n) is 5.45. The number of hydrogen-bond donors (Lipinski definition) is 2. The van der Waals surface area contributed by atoms with Crippen LogP contribution in [0.4, 0.5) is 0 Å². The lowest BCUT2D eigenvalue weighted by Crippen LogP contribution is -2.50. The second-order valence-corrected chi connectivity index (χ2v) is 7.31. The summed E-state index contributed by atoms with van der Waals surface area (Å²) in [6, 6.07) is 9.37. The van der Waals surface area contributed by atoms with Gasteiger partial charge in [0.05, 0.1) is 23.6 Å². The topological polar surface area (TPSA) is 90.7 Å². The highest BCUT2D eigenvalue weighted by Gasteiger charge is 2.43. The molecule has 1 aromatic carbocycles. The molecule has 2 atom stereocenters. The Morgan fingerprint density at radius 1 is 1.13 bits per heavy atom. The fourth-order valence-electron chi connectivity index (χ4n) is 2.99. The van der Waals surface area contributed by atoms with Crippen molar-refractivity contribution >= 4 is 10.0 Å². The highest BCUT2D eigenvalue weighted by atomic mass is 32.2. The Labute approximate surface area is 135 Å². The van der Waals surface area contributed by atoms with E-state index < -0.39 is 22.2 Å². The summed E-state index contributed by atoms with van der Waals surface area (Å²) in [6.07, 6.45) is 2.65. The summed E-state index contributed by atoms with van der Waals surface area (Å²) in [5.74, 6) is 0. The first-order valence-corrected chi connectivity index (χ1v) is 8.78. The standard InChI is InChI=1S/C16H18N2O4S/c19-10-9-18-14(11-12-5-7-17-8-6-12)16(20)13-3-1-2-4-15(13)23(18,21)22/h1-8,14,16,19-20H,9-11H2. The summed E-state index contributed by atoms with van der Waals surface area (Å²) in [4.78, 5) is 4.05. The zero-order valence-corrected chi connectivity index (χ0v) is 13.2. The van der Waals surface area contributed by atoms with Crippen molar-refractivity contribution in [3.63, 3.8) is 0 Å².